The summed E-state index contributed by atoms with van der Waals surface area (Å²) in [6.07, 6.45) is 2.09. The van der Waals surface area contributed by atoms with E-state index in [1.165, 1.54) is 0 Å². The number of fused-ring (bicyclic) bond motifs is 1. The molecule has 18 heavy (non-hydrogen) atoms. The van der Waals surface area contributed by atoms with E-state index in [-0.39, 0.29) is 5.91 Å². The van der Waals surface area contributed by atoms with Crippen LogP contribution in [0, 0.1) is 5.92 Å². The van der Waals surface area contributed by atoms with Crippen molar-refractivity contribution in [1.82, 2.24) is 0 Å². The summed E-state index contributed by atoms with van der Waals surface area (Å²) in [5.41, 5.74) is 5.87. The van der Waals surface area contributed by atoms with E-state index in [0.717, 1.165) is 18.4 Å². The van der Waals surface area contributed by atoms with Gasteiger partial charge in [0.2, 0.25) is 5.91 Å². The fourth-order valence-corrected chi connectivity index (χ4v) is 2.70. The Hall–Kier alpha value is -1.71. The molecule has 0 aromatic heterocycles. The molecule has 3 rings (SSSR count). The number of carbonyl (C=O) groups is 1. The van der Waals surface area contributed by atoms with Crippen molar-refractivity contribution < 1.29 is 14.3 Å². The lowest BCUT2D eigenvalue weighted by Crippen LogP contribution is -2.41. The second kappa shape index (κ2) is 3.90. The standard InChI is InChI=1S/C14H17NO3/c1-14(13(15)16,9-5-6-9)10-3-2-4-11-12(10)18-8-7-17-11/h2-4,9H,5-8H2,1H3,(H2,15,16). The smallest absolute Gasteiger partial charge is 0.228 e. The van der Waals surface area contributed by atoms with Crippen LogP contribution in [-0.4, -0.2) is 19.1 Å². The summed E-state index contributed by atoms with van der Waals surface area (Å²) in [4.78, 5) is 11.9. The predicted molar refractivity (Wildman–Crippen MR) is 66.7 cm³/mol. The fourth-order valence-electron chi connectivity index (χ4n) is 2.70. The number of nitrogens with two attached hydrogens (primary N) is 1. The largest absolute Gasteiger partial charge is 0.486 e. The summed E-state index contributed by atoms with van der Waals surface area (Å²) in [6, 6.07) is 5.69. The Morgan fingerprint density at radius 1 is 1.33 bits per heavy atom. The topological polar surface area (TPSA) is 61.6 Å². The Kier molecular flexibility index (Phi) is 2.47. The van der Waals surface area contributed by atoms with Gasteiger partial charge in [-0.3, -0.25) is 4.79 Å². The zero-order valence-corrected chi connectivity index (χ0v) is 10.4. The van der Waals surface area contributed by atoms with Crippen molar-refractivity contribution in [1.29, 1.82) is 0 Å². The highest BCUT2D eigenvalue weighted by Gasteiger charge is 2.49. The quantitative estimate of drug-likeness (QED) is 0.882. The Morgan fingerprint density at radius 2 is 2.06 bits per heavy atom. The van der Waals surface area contributed by atoms with Crippen LogP contribution in [0.4, 0.5) is 0 Å². The molecular formula is C14H17NO3. The minimum absolute atomic E-state index is 0.285. The molecule has 0 bridgehead atoms. The molecule has 1 atom stereocenters. The number of carbonyl (C=O) groups excluding carboxylic acids is 1. The van der Waals surface area contributed by atoms with Gasteiger partial charge in [-0.15, -0.1) is 0 Å². The van der Waals surface area contributed by atoms with Crippen molar-refractivity contribution in [2.45, 2.75) is 25.2 Å². The van der Waals surface area contributed by atoms with Crippen molar-refractivity contribution >= 4 is 5.91 Å². The molecule has 1 heterocycles. The number of para-hydroxylation sites is 1. The molecule has 2 N–H and O–H groups in total. The molecule has 4 nitrogen and oxygen atoms in total. The average Bonchev–Trinajstić information content (AvgIpc) is 3.21. The minimum atomic E-state index is -0.647. The van der Waals surface area contributed by atoms with Crippen LogP contribution in [0.1, 0.15) is 25.3 Å². The fraction of sp³-hybridized carbons (Fsp3) is 0.500. The summed E-state index contributed by atoms with van der Waals surface area (Å²) >= 11 is 0. The number of benzene rings is 1. The first-order chi connectivity index (χ1) is 8.64. The van der Waals surface area contributed by atoms with Gasteiger partial charge in [0.15, 0.2) is 11.5 Å². The summed E-state index contributed by atoms with van der Waals surface area (Å²) < 4.78 is 11.3. The van der Waals surface area contributed by atoms with E-state index < -0.39 is 5.41 Å². The lowest BCUT2D eigenvalue weighted by molar-refractivity contribution is -0.123. The Morgan fingerprint density at radius 3 is 2.72 bits per heavy atom. The number of ether oxygens (including phenoxy) is 2. The van der Waals surface area contributed by atoms with Gasteiger partial charge in [0.05, 0.1) is 5.41 Å². The molecule has 0 saturated heterocycles. The second-order valence-corrected chi connectivity index (χ2v) is 5.17. The van der Waals surface area contributed by atoms with E-state index in [1.54, 1.807) is 0 Å². The van der Waals surface area contributed by atoms with Crippen LogP contribution in [-0.2, 0) is 10.2 Å². The van der Waals surface area contributed by atoms with Crippen LogP contribution in [0.2, 0.25) is 0 Å². The van der Waals surface area contributed by atoms with Gasteiger partial charge in [0.25, 0.3) is 0 Å². The van der Waals surface area contributed by atoms with Crippen molar-refractivity contribution in [2.75, 3.05) is 13.2 Å². The highest BCUT2D eigenvalue weighted by molar-refractivity contribution is 5.88. The Labute approximate surface area is 106 Å². The van der Waals surface area contributed by atoms with Crippen LogP contribution in [0.3, 0.4) is 0 Å². The monoisotopic (exact) mass is 247 g/mol. The van der Waals surface area contributed by atoms with Gasteiger partial charge < -0.3 is 15.2 Å². The van der Waals surface area contributed by atoms with E-state index in [9.17, 15) is 4.79 Å². The van der Waals surface area contributed by atoms with Crippen LogP contribution in [0.25, 0.3) is 0 Å². The summed E-state index contributed by atoms with van der Waals surface area (Å²) in [6.45, 7) is 2.98. The molecule has 1 aromatic rings. The Bertz CT molecular complexity index is 496. The van der Waals surface area contributed by atoms with E-state index >= 15 is 0 Å². The maximum atomic E-state index is 11.9. The van der Waals surface area contributed by atoms with E-state index in [0.29, 0.717) is 30.6 Å². The molecule has 1 aliphatic carbocycles. The van der Waals surface area contributed by atoms with Crippen molar-refractivity contribution in [2.24, 2.45) is 11.7 Å². The highest BCUT2D eigenvalue weighted by atomic mass is 16.6. The number of primary amides is 1. The number of amides is 1. The van der Waals surface area contributed by atoms with Gasteiger partial charge in [-0.05, 0) is 31.7 Å². The molecule has 1 saturated carbocycles. The maximum Gasteiger partial charge on any atom is 0.228 e. The van der Waals surface area contributed by atoms with E-state index in [4.69, 9.17) is 15.2 Å². The van der Waals surface area contributed by atoms with Crippen molar-refractivity contribution in [3.05, 3.63) is 23.8 Å². The molecule has 1 fully saturated rings. The lowest BCUT2D eigenvalue weighted by Gasteiger charge is -2.31. The predicted octanol–water partition coefficient (Wildman–Crippen LogP) is 1.61. The van der Waals surface area contributed by atoms with Gasteiger partial charge in [-0.2, -0.15) is 0 Å². The average molecular weight is 247 g/mol. The third-order valence-electron chi connectivity index (χ3n) is 4.03. The van der Waals surface area contributed by atoms with Gasteiger partial charge in [0, 0.05) is 5.56 Å². The zero-order valence-electron chi connectivity index (χ0n) is 10.4. The molecule has 96 valence electrons. The molecule has 0 spiro atoms. The first kappa shape index (κ1) is 11.4. The molecule has 0 radical (unpaired) electrons. The van der Waals surface area contributed by atoms with Gasteiger partial charge in [-0.1, -0.05) is 12.1 Å². The minimum Gasteiger partial charge on any atom is -0.486 e. The van der Waals surface area contributed by atoms with Gasteiger partial charge in [0.1, 0.15) is 13.2 Å². The third kappa shape index (κ3) is 1.55. The number of hydrogen-bond acceptors (Lipinski definition) is 3. The normalized spacial score (nSPS) is 21.2. The van der Waals surface area contributed by atoms with E-state index in [2.05, 4.69) is 0 Å². The second-order valence-electron chi connectivity index (χ2n) is 5.17. The summed E-state index contributed by atoms with van der Waals surface area (Å²) in [5, 5.41) is 0. The van der Waals surface area contributed by atoms with Gasteiger partial charge in [-0.25, -0.2) is 0 Å². The molecule has 2 aliphatic rings. The molecular weight excluding hydrogens is 230 g/mol. The zero-order chi connectivity index (χ0) is 12.8. The number of hydrogen-bond donors (Lipinski definition) is 1. The Balaban J connectivity index is 2.12. The molecule has 1 aliphatic heterocycles. The molecule has 1 amide bonds. The molecule has 4 heteroatoms. The maximum absolute atomic E-state index is 11.9. The van der Waals surface area contributed by atoms with Crippen LogP contribution in [0.5, 0.6) is 11.5 Å². The van der Waals surface area contributed by atoms with Crippen LogP contribution >= 0.6 is 0 Å². The highest BCUT2D eigenvalue weighted by Crippen LogP contribution is 2.51. The first-order valence-electron chi connectivity index (χ1n) is 6.33. The van der Waals surface area contributed by atoms with Crippen molar-refractivity contribution in [3.63, 3.8) is 0 Å². The van der Waals surface area contributed by atoms with Crippen LogP contribution < -0.4 is 15.2 Å². The first-order valence-corrected chi connectivity index (χ1v) is 6.33. The SMILES string of the molecule is CC(C(N)=O)(c1cccc2c1OCCO2)C1CC1. The third-order valence-corrected chi connectivity index (χ3v) is 4.03. The number of rotatable bonds is 3. The summed E-state index contributed by atoms with van der Waals surface area (Å²) in [7, 11) is 0. The lowest BCUT2D eigenvalue weighted by atomic mass is 9.76. The van der Waals surface area contributed by atoms with Crippen molar-refractivity contribution in [3.8, 4) is 11.5 Å². The summed E-state index contributed by atoms with van der Waals surface area (Å²) in [5.74, 6) is 1.45. The van der Waals surface area contributed by atoms with Crippen LogP contribution in [0.15, 0.2) is 18.2 Å². The van der Waals surface area contributed by atoms with E-state index in [1.807, 2.05) is 25.1 Å². The molecule has 1 unspecified atom stereocenters. The molecule has 1 aromatic carbocycles. The van der Waals surface area contributed by atoms with Gasteiger partial charge >= 0.3 is 0 Å².